The van der Waals surface area contributed by atoms with Crippen LogP contribution in [0.2, 0.25) is 5.02 Å². The Morgan fingerprint density at radius 2 is 1.62 bits per heavy atom. The number of piperazine rings is 1. The third-order valence-electron chi connectivity index (χ3n) is 8.47. The van der Waals surface area contributed by atoms with Crippen LogP contribution in [-0.4, -0.2) is 76.9 Å². The molecule has 3 N–H and O–H groups in total. The van der Waals surface area contributed by atoms with Gasteiger partial charge in [0.05, 0.1) is 11.6 Å². The number of hydrogen-bond donors (Lipinski definition) is 2. The minimum atomic E-state index is -0.502. The SMILES string of the molecule is CC(=O)CCN1CCN(C(=O)N2C(c3ccc(C(C)(C)C)cc3OCN)=NC(c3ccc(O)cc3)C2c2ccc(Cl)cc2)CC1. The first-order valence-electron chi connectivity index (χ1n) is 15.4. The van der Waals surface area contributed by atoms with E-state index >= 15 is 0 Å². The second-order valence-corrected chi connectivity index (χ2v) is 13.1. The van der Waals surface area contributed by atoms with Crippen molar-refractivity contribution in [2.75, 3.05) is 39.5 Å². The van der Waals surface area contributed by atoms with E-state index in [0.717, 1.165) is 16.7 Å². The largest absolute Gasteiger partial charge is 0.508 e. The number of amidine groups is 1. The molecule has 45 heavy (non-hydrogen) atoms. The Balaban J connectivity index is 1.61. The lowest BCUT2D eigenvalue weighted by Crippen LogP contribution is -2.54. The predicted molar refractivity (Wildman–Crippen MR) is 177 cm³/mol. The molecule has 2 amide bonds. The summed E-state index contributed by atoms with van der Waals surface area (Å²) in [4.78, 5) is 37.4. The summed E-state index contributed by atoms with van der Waals surface area (Å²) in [5.41, 5.74) is 9.23. The molecule has 2 aliphatic rings. The summed E-state index contributed by atoms with van der Waals surface area (Å²) < 4.78 is 5.99. The van der Waals surface area contributed by atoms with E-state index in [1.165, 1.54) is 0 Å². The van der Waals surface area contributed by atoms with Gasteiger partial charge in [0, 0.05) is 44.2 Å². The predicted octanol–water partition coefficient (Wildman–Crippen LogP) is 5.90. The average molecular weight is 632 g/mol. The van der Waals surface area contributed by atoms with Crippen LogP contribution >= 0.6 is 11.6 Å². The maximum absolute atomic E-state index is 14.7. The molecule has 0 spiro atoms. The molecule has 0 aliphatic carbocycles. The highest BCUT2D eigenvalue weighted by atomic mass is 35.5. The van der Waals surface area contributed by atoms with Crippen LogP contribution in [0.25, 0.3) is 0 Å². The zero-order chi connectivity index (χ0) is 32.3. The number of ether oxygens (including phenoxy) is 1. The van der Waals surface area contributed by atoms with E-state index in [1.54, 1.807) is 24.0 Å². The van der Waals surface area contributed by atoms with Crippen LogP contribution in [0.4, 0.5) is 4.79 Å². The summed E-state index contributed by atoms with van der Waals surface area (Å²) in [6.07, 6.45) is 0.498. The van der Waals surface area contributed by atoms with Crippen LogP contribution in [-0.2, 0) is 10.2 Å². The third-order valence-corrected chi connectivity index (χ3v) is 8.72. The van der Waals surface area contributed by atoms with Crippen LogP contribution in [0.3, 0.4) is 0 Å². The number of halogens is 1. The lowest BCUT2D eigenvalue weighted by molar-refractivity contribution is -0.117. The van der Waals surface area contributed by atoms with Gasteiger partial charge in [-0.1, -0.05) is 62.7 Å². The van der Waals surface area contributed by atoms with Crippen molar-refractivity contribution in [3.8, 4) is 11.5 Å². The monoisotopic (exact) mass is 631 g/mol. The fraction of sp³-hybridized carbons (Fsp3) is 0.400. The van der Waals surface area contributed by atoms with Crippen LogP contribution < -0.4 is 10.5 Å². The Kier molecular flexibility index (Phi) is 9.82. The minimum absolute atomic E-state index is 0.0357. The molecule has 9 nitrogen and oxygen atoms in total. The van der Waals surface area contributed by atoms with Crippen molar-refractivity contribution in [2.24, 2.45) is 10.7 Å². The number of urea groups is 1. The normalized spacial score (nSPS) is 19.0. The molecule has 2 unspecified atom stereocenters. The molecule has 0 aromatic heterocycles. The van der Waals surface area contributed by atoms with Crippen LogP contribution in [0.15, 0.2) is 71.7 Å². The molecule has 3 aromatic rings. The van der Waals surface area contributed by atoms with Crippen molar-refractivity contribution < 1.29 is 19.4 Å². The first-order valence-corrected chi connectivity index (χ1v) is 15.7. The molecule has 0 radical (unpaired) electrons. The number of ketones is 1. The van der Waals surface area contributed by atoms with Crippen LogP contribution in [0.1, 0.15) is 68.5 Å². The van der Waals surface area contributed by atoms with E-state index in [1.807, 2.05) is 59.5 Å². The first-order chi connectivity index (χ1) is 21.5. The summed E-state index contributed by atoms with van der Waals surface area (Å²) in [5, 5.41) is 10.7. The van der Waals surface area contributed by atoms with Crippen molar-refractivity contribution in [2.45, 2.75) is 51.6 Å². The van der Waals surface area contributed by atoms with Gasteiger partial charge < -0.3 is 14.7 Å². The molecule has 3 aromatic carbocycles. The molecule has 238 valence electrons. The molecule has 1 fully saturated rings. The molecule has 0 bridgehead atoms. The number of carbonyl (C=O) groups excluding carboxylic acids is 2. The van der Waals surface area contributed by atoms with Gasteiger partial charge in [0.25, 0.3) is 0 Å². The van der Waals surface area contributed by atoms with Crippen LogP contribution in [0, 0.1) is 0 Å². The molecule has 1 saturated heterocycles. The highest BCUT2D eigenvalue weighted by Crippen LogP contribution is 2.46. The van der Waals surface area contributed by atoms with Crippen molar-refractivity contribution in [3.63, 3.8) is 0 Å². The van der Waals surface area contributed by atoms with Gasteiger partial charge in [-0.15, -0.1) is 0 Å². The van der Waals surface area contributed by atoms with Crippen molar-refractivity contribution in [3.05, 3.63) is 94.0 Å². The molecule has 0 saturated carbocycles. The van der Waals surface area contributed by atoms with Crippen molar-refractivity contribution in [1.29, 1.82) is 0 Å². The standard InChI is InChI=1S/C35H42ClN5O4/c1-23(42)15-16-39-17-19-40(20-18-39)34(44)41-32(25-5-10-27(36)11-6-25)31(24-7-12-28(43)13-8-24)38-33(41)29-14-9-26(35(2,3)4)21-30(29)45-22-37/h5-14,21,31-32,43H,15-20,22,37H2,1-4H3. The molecule has 10 heteroatoms. The van der Waals surface area contributed by atoms with Crippen LogP contribution in [0.5, 0.6) is 11.5 Å². The van der Waals surface area contributed by atoms with E-state index in [2.05, 4.69) is 25.7 Å². The Morgan fingerprint density at radius 1 is 0.978 bits per heavy atom. The van der Waals surface area contributed by atoms with Crippen molar-refractivity contribution in [1.82, 2.24) is 14.7 Å². The zero-order valence-electron chi connectivity index (χ0n) is 26.4. The molecule has 2 atom stereocenters. The number of Topliss-reactive ketones (excluding diaryl/α,β-unsaturated/α-hetero) is 1. The minimum Gasteiger partial charge on any atom is -0.508 e. The van der Waals surface area contributed by atoms with Gasteiger partial charge in [-0.05, 0) is 65.4 Å². The van der Waals surface area contributed by atoms with E-state index in [0.29, 0.717) is 61.3 Å². The smallest absolute Gasteiger partial charge is 0.326 e. The second kappa shape index (κ2) is 13.6. The number of aliphatic imine (C=N–C) groups is 1. The third kappa shape index (κ3) is 7.32. The van der Waals surface area contributed by atoms with Gasteiger partial charge in [-0.25, -0.2) is 4.79 Å². The van der Waals surface area contributed by atoms with Gasteiger partial charge in [0.1, 0.15) is 35.9 Å². The number of hydrogen-bond acceptors (Lipinski definition) is 7. The number of nitrogens with two attached hydrogens (primary N) is 1. The van der Waals surface area contributed by atoms with Gasteiger partial charge >= 0.3 is 6.03 Å². The summed E-state index contributed by atoms with van der Waals surface area (Å²) in [6, 6.07) is 19.3. The van der Waals surface area contributed by atoms with E-state index in [-0.39, 0.29) is 29.7 Å². The molecular formula is C35H42ClN5O4. The topological polar surface area (TPSA) is 112 Å². The molecule has 5 rings (SSSR count). The average Bonchev–Trinajstić information content (AvgIpc) is 3.40. The quantitative estimate of drug-likeness (QED) is 0.300. The van der Waals surface area contributed by atoms with E-state index < -0.39 is 12.1 Å². The first kappa shape index (κ1) is 32.5. The van der Waals surface area contributed by atoms with Gasteiger partial charge in [0.15, 0.2) is 0 Å². The fourth-order valence-corrected chi connectivity index (χ4v) is 6.01. The summed E-state index contributed by atoms with van der Waals surface area (Å²) in [6.45, 7) is 11.0. The highest BCUT2D eigenvalue weighted by molar-refractivity contribution is 6.30. The van der Waals surface area contributed by atoms with Gasteiger partial charge in [0.2, 0.25) is 0 Å². The number of rotatable bonds is 8. The Morgan fingerprint density at radius 3 is 2.22 bits per heavy atom. The number of phenolic OH excluding ortho intramolecular Hbond substituents is 1. The molecule has 2 aliphatic heterocycles. The molecular weight excluding hydrogens is 590 g/mol. The number of aromatic hydroxyl groups is 1. The maximum atomic E-state index is 14.7. The Labute approximate surface area is 270 Å². The number of carbonyl (C=O) groups is 2. The van der Waals surface area contributed by atoms with Gasteiger partial charge in [-0.3, -0.25) is 25.3 Å². The highest BCUT2D eigenvalue weighted by Gasteiger charge is 2.45. The van der Waals surface area contributed by atoms with Gasteiger partial charge in [-0.2, -0.15) is 0 Å². The Hall–Kier alpha value is -3.92. The lowest BCUT2D eigenvalue weighted by atomic mass is 9.86. The zero-order valence-corrected chi connectivity index (χ0v) is 27.1. The summed E-state index contributed by atoms with van der Waals surface area (Å²) in [7, 11) is 0. The number of amides is 2. The molecule has 2 heterocycles. The Bertz CT molecular complexity index is 1540. The number of nitrogens with zero attached hydrogens (tertiary/aromatic N) is 4. The fourth-order valence-electron chi connectivity index (χ4n) is 5.88. The number of phenols is 1. The van der Waals surface area contributed by atoms with E-state index in [9.17, 15) is 14.7 Å². The number of benzene rings is 3. The summed E-state index contributed by atoms with van der Waals surface area (Å²) in [5.74, 6) is 1.35. The van der Waals surface area contributed by atoms with E-state index in [4.69, 9.17) is 27.1 Å². The summed E-state index contributed by atoms with van der Waals surface area (Å²) >= 11 is 6.30. The van der Waals surface area contributed by atoms with Crippen molar-refractivity contribution >= 4 is 29.3 Å². The lowest BCUT2D eigenvalue weighted by Gasteiger charge is -2.39. The second-order valence-electron chi connectivity index (χ2n) is 12.7. The maximum Gasteiger partial charge on any atom is 0.326 e.